The summed E-state index contributed by atoms with van der Waals surface area (Å²) in [4.78, 5) is 14.7. The number of hydrogen-bond acceptors (Lipinski definition) is 6. The zero-order valence-electron chi connectivity index (χ0n) is 14.9. The van der Waals surface area contributed by atoms with Crippen molar-refractivity contribution in [1.82, 2.24) is 19.5 Å². The Kier molecular flexibility index (Phi) is 4.13. The molecule has 0 radical (unpaired) electrons. The van der Waals surface area contributed by atoms with E-state index in [1.54, 1.807) is 17.5 Å². The smallest absolute Gasteiger partial charge is 0.127 e. The third-order valence-electron chi connectivity index (χ3n) is 4.93. The molecule has 7 heteroatoms. The lowest BCUT2D eigenvalue weighted by molar-refractivity contribution is 0.522. The number of thioether (sulfide) groups is 1. The minimum Gasteiger partial charge on any atom is -0.397 e. The average molecular weight is 394 g/mol. The van der Waals surface area contributed by atoms with Crippen LogP contribution in [0.3, 0.4) is 0 Å². The Hall–Kier alpha value is -2.38. The molecule has 0 amide bonds. The van der Waals surface area contributed by atoms with Crippen molar-refractivity contribution in [3.8, 4) is 22.5 Å². The van der Waals surface area contributed by atoms with Gasteiger partial charge >= 0.3 is 0 Å². The monoisotopic (exact) mass is 393 g/mol. The summed E-state index contributed by atoms with van der Waals surface area (Å²) >= 11 is 3.61. The maximum atomic E-state index is 6.60. The summed E-state index contributed by atoms with van der Waals surface area (Å²) < 4.78 is 3.14. The van der Waals surface area contributed by atoms with E-state index in [0.29, 0.717) is 5.25 Å². The van der Waals surface area contributed by atoms with Crippen LogP contribution in [-0.4, -0.2) is 24.8 Å². The first-order chi connectivity index (χ1) is 13.2. The molecule has 2 N–H and O–H groups in total. The number of nitrogen functional groups attached to an aromatic ring is 1. The number of anilines is 1. The van der Waals surface area contributed by atoms with Gasteiger partial charge in [-0.15, -0.1) is 23.1 Å². The number of hydrogen-bond donors (Lipinski definition) is 1. The fourth-order valence-corrected chi connectivity index (χ4v) is 6.04. The van der Waals surface area contributed by atoms with Gasteiger partial charge in [-0.25, -0.2) is 9.97 Å². The molecule has 0 unspecified atom stereocenters. The second-order valence-corrected chi connectivity index (χ2v) is 9.44. The van der Waals surface area contributed by atoms with Crippen LogP contribution in [0, 0.1) is 0 Å². The molecular formula is C20H19N5S2. The van der Waals surface area contributed by atoms with E-state index in [0.717, 1.165) is 38.4 Å². The van der Waals surface area contributed by atoms with E-state index in [1.165, 1.54) is 23.5 Å². The van der Waals surface area contributed by atoms with E-state index < -0.39 is 0 Å². The molecule has 1 aliphatic rings. The minimum atomic E-state index is 0.691. The molecule has 0 aliphatic heterocycles. The van der Waals surface area contributed by atoms with Crippen molar-refractivity contribution in [2.75, 3.05) is 5.73 Å². The Labute approximate surface area is 165 Å². The summed E-state index contributed by atoms with van der Waals surface area (Å²) in [7, 11) is 1.98. The number of aromatic nitrogens is 4. The molecule has 136 valence electrons. The fraction of sp³-hybridized carbons (Fsp3) is 0.250. The molecule has 0 aromatic carbocycles. The molecule has 0 saturated heterocycles. The highest BCUT2D eigenvalue weighted by molar-refractivity contribution is 8.02. The number of nitrogens with zero attached hydrogens (tertiary/aromatic N) is 4. The molecule has 0 atom stereocenters. The third-order valence-corrected chi connectivity index (χ3v) is 7.60. The van der Waals surface area contributed by atoms with Crippen LogP contribution in [0.4, 0.5) is 5.69 Å². The van der Waals surface area contributed by atoms with Crippen LogP contribution in [0.1, 0.15) is 19.3 Å². The van der Waals surface area contributed by atoms with Crippen LogP contribution in [0.15, 0.2) is 47.3 Å². The van der Waals surface area contributed by atoms with E-state index in [4.69, 9.17) is 10.7 Å². The van der Waals surface area contributed by atoms with Gasteiger partial charge in [0.25, 0.3) is 0 Å². The van der Waals surface area contributed by atoms with Crippen molar-refractivity contribution in [3.05, 3.63) is 43.1 Å². The summed E-state index contributed by atoms with van der Waals surface area (Å²) in [5, 5.41) is 1.71. The molecule has 1 fully saturated rings. The molecule has 27 heavy (non-hydrogen) atoms. The van der Waals surface area contributed by atoms with Crippen molar-refractivity contribution in [1.29, 1.82) is 0 Å². The van der Waals surface area contributed by atoms with Gasteiger partial charge in [-0.2, -0.15) is 0 Å². The minimum absolute atomic E-state index is 0.691. The van der Waals surface area contributed by atoms with Crippen LogP contribution in [0.25, 0.3) is 32.7 Å². The van der Waals surface area contributed by atoms with E-state index in [9.17, 15) is 0 Å². The molecule has 4 aromatic heterocycles. The summed E-state index contributed by atoms with van der Waals surface area (Å²) in [6, 6.07) is 6.05. The summed E-state index contributed by atoms with van der Waals surface area (Å²) in [5.41, 5.74) is 11.3. The largest absolute Gasteiger partial charge is 0.397 e. The highest BCUT2D eigenvalue weighted by Crippen LogP contribution is 2.48. The van der Waals surface area contributed by atoms with Crippen molar-refractivity contribution in [2.45, 2.75) is 28.7 Å². The summed E-state index contributed by atoms with van der Waals surface area (Å²) in [6.45, 7) is 0. The molecule has 5 rings (SSSR count). The zero-order valence-corrected chi connectivity index (χ0v) is 16.6. The van der Waals surface area contributed by atoms with Gasteiger partial charge in [0, 0.05) is 47.4 Å². The van der Waals surface area contributed by atoms with E-state index >= 15 is 0 Å². The van der Waals surface area contributed by atoms with Gasteiger partial charge in [-0.05, 0) is 31.0 Å². The Bertz CT molecular complexity index is 1110. The fourth-order valence-electron chi connectivity index (χ4n) is 3.24. The normalized spacial score (nSPS) is 14.6. The SMILES string of the molecule is Cn1cnc(-c2cc(-c3cccnc3)nc3sc(SC4CCC4)c(N)c23)c1. The molecule has 4 heterocycles. The second-order valence-electron chi connectivity index (χ2n) is 6.88. The van der Waals surface area contributed by atoms with E-state index in [2.05, 4.69) is 16.0 Å². The molecular weight excluding hydrogens is 374 g/mol. The molecule has 1 saturated carbocycles. The van der Waals surface area contributed by atoms with Crippen molar-refractivity contribution in [3.63, 3.8) is 0 Å². The second kappa shape index (κ2) is 6.65. The number of rotatable bonds is 4. The van der Waals surface area contributed by atoms with Crippen molar-refractivity contribution >= 4 is 39.0 Å². The Balaban J connectivity index is 1.72. The van der Waals surface area contributed by atoms with Crippen molar-refractivity contribution < 1.29 is 0 Å². The lowest BCUT2D eigenvalue weighted by Gasteiger charge is -2.23. The zero-order chi connectivity index (χ0) is 18.4. The van der Waals surface area contributed by atoms with Gasteiger partial charge in [0.1, 0.15) is 4.83 Å². The van der Waals surface area contributed by atoms with E-state index in [-0.39, 0.29) is 0 Å². The number of thiophene rings is 1. The van der Waals surface area contributed by atoms with Gasteiger partial charge in [0.2, 0.25) is 0 Å². The third kappa shape index (κ3) is 3.00. The van der Waals surface area contributed by atoms with Crippen molar-refractivity contribution in [2.24, 2.45) is 7.05 Å². The number of fused-ring (bicyclic) bond motifs is 1. The lowest BCUT2D eigenvalue weighted by Crippen LogP contribution is -2.12. The Morgan fingerprint density at radius 2 is 2.19 bits per heavy atom. The summed E-state index contributed by atoms with van der Waals surface area (Å²) in [6.07, 6.45) is 11.3. The number of pyridine rings is 2. The molecule has 0 spiro atoms. The van der Waals surface area contributed by atoms with Gasteiger partial charge < -0.3 is 10.3 Å². The predicted octanol–water partition coefficient (Wildman–Crippen LogP) is 4.99. The molecule has 4 aromatic rings. The predicted molar refractivity (Wildman–Crippen MR) is 113 cm³/mol. The topological polar surface area (TPSA) is 69.6 Å². The first-order valence-electron chi connectivity index (χ1n) is 8.97. The maximum absolute atomic E-state index is 6.60. The van der Waals surface area contributed by atoms with Gasteiger partial charge in [-0.1, -0.05) is 6.42 Å². The molecule has 0 bridgehead atoms. The number of nitrogens with two attached hydrogens (primary N) is 1. The van der Waals surface area contributed by atoms with Gasteiger partial charge in [0.05, 0.1) is 27.6 Å². The van der Waals surface area contributed by atoms with Crippen LogP contribution >= 0.6 is 23.1 Å². The highest BCUT2D eigenvalue weighted by Gasteiger charge is 2.24. The lowest BCUT2D eigenvalue weighted by atomic mass is 10.0. The maximum Gasteiger partial charge on any atom is 0.127 e. The van der Waals surface area contributed by atoms with Crippen LogP contribution in [0.2, 0.25) is 0 Å². The summed E-state index contributed by atoms with van der Waals surface area (Å²) in [5.74, 6) is 0. The average Bonchev–Trinajstić information content (AvgIpc) is 3.22. The molecule has 5 nitrogen and oxygen atoms in total. The first-order valence-corrected chi connectivity index (χ1v) is 10.7. The van der Waals surface area contributed by atoms with Crippen LogP contribution in [-0.2, 0) is 7.05 Å². The van der Waals surface area contributed by atoms with Gasteiger partial charge in [0.15, 0.2) is 0 Å². The number of imidazole rings is 1. The number of aryl methyl sites for hydroxylation is 1. The highest BCUT2D eigenvalue weighted by atomic mass is 32.2. The van der Waals surface area contributed by atoms with Crippen LogP contribution < -0.4 is 5.73 Å². The Morgan fingerprint density at radius 3 is 2.85 bits per heavy atom. The Morgan fingerprint density at radius 1 is 1.30 bits per heavy atom. The first kappa shape index (κ1) is 16.8. The molecule has 1 aliphatic carbocycles. The quantitative estimate of drug-likeness (QED) is 0.529. The van der Waals surface area contributed by atoms with Crippen LogP contribution in [0.5, 0.6) is 0 Å². The van der Waals surface area contributed by atoms with Gasteiger partial charge in [-0.3, -0.25) is 4.98 Å². The standard InChI is InChI=1S/C20H19N5S2/c1-25-10-16(23-11-25)14-8-15(12-4-3-7-22-9-12)24-19-17(14)18(21)20(27-19)26-13-5-2-6-13/h3-4,7-11,13H,2,5-6,21H2,1H3. The van der Waals surface area contributed by atoms with E-state index in [1.807, 2.05) is 54.2 Å².